The van der Waals surface area contributed by atoms with Crippen molar-refractivity contribution in [3.05, 3.63) is 59.7 Å². The van der Waals surface area contributed by atoms with Crippen molar-refractivity contribution < 1.29 is 14.4 Å². The maximum Gasteiger partial charge on any atom is 0.333 e. The fourth-order valence-corrected chi connectivity index (χ4v) is 2.02. The molecule has 2 aromatic rings. The van der Waals surface area contributed by atoms with Gasteiger partial charge in [-0.1, -0.05) is 24.3 Å². The van der Waals surface area contributed by atoms with Gasteiger partial charge < -0.3 is 11.5 Å². The molecular formula is C15H16N6O3. The minimum atomic E-state index is -0.859. The van der Waals surface area contributed by atoms with Crippen LogP contribution >= 0.6 is 0 Å². The summed E-state index contributed by atoms with van der Waals surface area (Å²) in [5, 5.41) is 1.45. The molecule has 2 rings (SSSR count). The molecule has 0 aliphatic heterocycles. The van der Waals surface area contributed by atoms with Crippen molar-refractivity contribution in [2.24, 2.45) is 23.2 Å². The van der Waals surface area contributed by atoms with Crippen LogP contribution in [-0.4, -0.2) is 17.8 Å². The summed E-state index contributed by atoms with van der Waals surface area (Å²) in [5.41, 5.74) is 11.3. The maximum absolute atomic E-state index is 12.6. The Bertz CT molecular complexity index is 742. The van der Waals surface area contributed by atoms with Gasteiger partial charge >= 0.3 is 12.1 Å². The largest absolute Gasteiger partial charge is 0.350 e. The molecule has 0 aliphatic carbocycles. The predicted molar refractivity (Wildman–Crippen MR) is 88.8 cm³/mol. The number of hydrazine groups is 2. The van der Waals surface area contributed by atoms with Crippen LogP contribution in [0, 0.1) is 0 Å². The second kappa shape index (κ2) is 6.77. The first kappa shape index (κ1) is 16.9. The van der Waals surface area contributed by atoms with Crippen LogP contribution < -0.4 is 33.2 Å². The molecule has 0 heterocycles. The SMILES string of the molecule is NC(=O)N(N)c1cccc(C(=O)c2cccc(N(N)C(N)=O)c2)c1. The Morgan fingerprint density at radius 3 is 1.42 bits per heavy atom. The molecule has 0 atom stereocenters. The van der Waals surface area contributed by atoms with Crippen LogP contribution in [0.4, 0.5) is 21.0 Å². The number of carbonyl (C=O) groups excluding carboxylic acids is 3. The van der Waals surface area contributed by atoms with Crippen molar-refractivity contribution in [3.63, 3.8) is 0 Å². The number of anilines is 2. The van der Waals surface area contributed by atoms with Gasteiger partial charge in [0.05, 0.1) is 11.4 Å². The number of benzene rings is 2. The number of rotatable bonds is 4. The van der Waals surface area contributed by atoms with E-state index in [9.17, 15) is 14.4 Å². The van der Waals surface area contributed by atoms with E-state index in [0.29, 0.717) is 0 Å². The molecule has 24 heavy (non-hydrogen) atoms. The monoisotopic (exact) mass is 328 g/mol. The highest BCUT2D eigenvalue weighted by atomic mass is 16.2. The lowest BCUT2D eigenvalue weighted by atomic mass is 10.0. The van der Waals surface area contributed by atoms with Crippen LogP contribution in [0.2, 0.25) is 0 Å². The fourth-order valence-electron chi connectivity index (χ4n) is 2.02. The molecule has 0 unspecified atom stereocenters. The van der Waals surface area contributed by atoms with E-state index in [2.05, 4.69) is 0 Å². The zero-order chi connectivity index (χ0) is 17.9. The molecule has 0 radical (unpaired) electrons. The van der Waals surface area contributed by atoms with Gasteiger partial charge in [-0.15, -0.1) is 0 Å². The summed E-state index contributed by atoms with van der Waals surface area (Å²) in [4.78, 5) is 34.8. The Hall–Kier alpha value is -3.43. The van der Waals surface area contributed by atoms with Gasteiger partial charge in [-0.3, -0.25) is 4.79 Å². The minimum absolute atomic E-state index is 0.266. The Morgan fingerprint density at radius 1 is 0.708 bits per heavy atom. The zero-order valence-corrected chi connectivity index (χ0v) is 12.5. The van der Waals surface area contributed by atoms with Gasteiger partial charge in [-0.25, -0.2) is 31.3 Å². The first-order valence-corrected chi connectivity index (χ1v) is 6.74. The number of nitrogens with two attached hydrogens (primary N) is 4. The van der Waals surface area contributed by atoms with E-state index < -0.39 is 12.1 Å². The maximum atomic E-state index is 12.6. The molecule has 8 N–H and O–H groups in total. The summed E-state index contributed by atoms with van der Waals surface area (Å²) in [5.74, 6) is 10.7. The van der Waals surface area contributed by atoms with Gasteiger partial charge in [-0.2, -0.15) is 0 Å². The van der Waals surface area contributed by atoms with Crippen LogP contribution in [0.5, 0.6) is 0 Å². The lowest BCUT2D eigenvalue weighted by Gasteiger charge is -2.15. The molecule has 2 aromatic carbocycles. The molecule has 0 aliphatic rings. The smallest absolute Gasteiger partial charge is 0.333 e. The van der Waals surface area contributed by atoms with Gasteiger partial charge in [-0.05, 0) is 24.3 Å². The van der Waals surface area contributed by atoms with E-state index in [1.807, 2.05) is 0 Å². The van der Waals surface area contributed by atoms with Gasteiger partial charge in [0.2, 0.25) is 0 Å². The molecular weight excluding hydrogens is 312 g/mol. The average molecular weight is 328 g/mol. The minimum Gasteiger partial charge on any atom is -0.350 e. The van der Waals surface area contributed by atoms with Crippen molar-refractivity contribution >= 4 is 29.2 Å². The van der Waals surface area contributed by atoms with Crippen molar-refractivity contribution in [1.29, 1.82) is 0 Å². The number of urea groups is 2. The summed E-state index contributed by atoms with van der Waals surface area (Å²) in [6.07, 6.45) is 0. The summed E-state index contributed by atoms with van der Waals surface area (Å²) < 4.78 is 0. The third-order valence-electron chi connectivity index (χ3n) is 3.25. The number of nitrogens with zero attached hydrogens (tertiary/aromatic N) is 2. The highest BCUT2D eigenvalue weighted by molar-refractivity contribution is 6.10. The lowest BCUT2D eigenvalue weighted by Crippen LogP contribution is -2.41. The Morgan fingerprint density at radius 2 is 1.08 bits per heavy atom. The summed E-state index contributed by atoms with van der Waals surface area (Å²) in [6, 6.07) is 10.4. The molecule has 0 bridgehead atoms. The van der Waals surface area contributed by atoms with Crippen molar-refractivity contribution in [2.45, 2.75) is 0 Å². The first-order chi connectivity index (χ1) is 11.3. The number of hydrogen-bond donors (Lipinski definition) is 4. The normalized spacial score (nSPS) is 10.1. The number of ketones is 1. The van der Waals surface area contributed by atoms with Crippen molar-refractivity contribution in [2.75, 3.05) is 10.0 Å². The topological polar surface area (TPSA) is 162 Å². The van der Waals surface area contributed by atoms with E-state index in [1.165, 1.54) is 24.3 Å². The number of primary amides is 2. The Kier molecular flexibility index (Phi) is 4.78. The van der Waals surface area contributed by atoms with Gasteiger partial charge in [0, 0.05) is 11.1 Å². The third kappa shape index (κ3) is 3.48. The Labute approximate surface area is 137 Å². The molecule has 124 valence electrons. The summed E-state index contributed by atoms with van der Waals surface area (Å²) >= 11 is 0. The quantitative estimate of drug-likeness (QED) is 0.276. The van der Waals surface area contributed by atoms with E-state index in [0.717, 1.165) is 10.0 Å². The highest BCUT2D eigenvalue weighted by Crippen LogP contribution is 2.20. The molecule has 0 saturated heterocycles. The van der Waals surface area contributed by atoms with Crippen LogP contribution in [0.15, 0.2) is 48.5 Å². The average Bonchev–Trinajstić information content (AvgIpc) is 2.59. The van der Waals surface area contributed by atoms with Crippen LogP contribution in [0.25, 0.3) is 0 Å². The standard InChI is InChI=1S/C15H16N6O3/c16-14(23)20(18)11-5-1-3-9(7-11)13(22)10-4-2-6-12(8-10)21(19)15(17)24/h1-8H,18-19H2,(H2,16,23)(H2,17,24). The third-order valence-corrected chi connectivity index (χ3v) is 3.25. The first-order valence-electron chi connectivity index (χ1n) is 6.74. The molecule has 0 fully saturated rings. The number of carbonyl (C=O) groups is 3. The summed E-state index contributed by atoms with van der Waals surface area (Å²) in [6.45, 7) is 0. The van der Waals surface area contributed by atoms with Gasteiger partial charge in [0.25, 0.3) is 0 Å². The second-order valence-electron chi connectivity index (χ2n) is 4.85. The van der Waals surface area contributed by atoms with Gasteiger partial charge in [0.15, 0.2) is 5.78 Å². The highest BCUT2D eigenvalue weighted by Gasteiger charge is 2.15. The molecule has 0 saturated carbocycles. The van der Waals surface area contributed by atoms with Crippen molar-refractivity contribution in [1.82, 2.24) is 0 Å². The lowest BCUT2D eigenvalue weighted by molar-refractivity contribution is 0.103. The van der Waals surface area contributed by atoms with E-state index in [4.69, 9.17) is 23.2 Å². The number of amides is 4. The summed E-state index contributed by atoms with van der Waals surface area (Å²) in [7, 11) is 0. The Balaban J connectivity index is 2.36. The van der Waals surface area contributed by atoms with E-state index in [1.54, 1.807) is 24.3 Å². The zero-order valence-electron chi connectivity index (χ0n) is 12.5. The van der Waals surface area contributed by atoms with E-state index >= 15 is 0 Å². The molecule has 0 spiro atoms. The molecule has 0 aromatic heterocycles. The molecule has 4 amide bonds. The molecule has 9 nitrogen and oxygen atoms in total. The van der Waals surface area contributed by atoms with Gasteiger partial charge in [0.1, 0.15) is 0 Å². The van der Waals surface area contributed by atoms with Crippen LogP contribution in [0.1, 0.15) is 15.9 Å². The van der Waals surface area contributed by atoms with Crippen LogP contribution in [0.3, 0.4) is 0 Å². The van der Waals surface area contributed by atoms with Crippen molar-refractivity contribution in [3.8, 4) is 0 Å². The molecule has 9 heteroatoms. The fraction of sp³-hybridized carbons (Fsp3) is 0. The predicted octanol–water partition coefficient (Wildman–Crippen LogP) is 0.435. The second-order valence-corrected chi connectivity index (χ2v) is 4.85. The van der Waals surface area contributed by atoms with Crippen LogP contribution in [-0.2, 0) is 0 Å². The van der Waals surface area contributed by atoms with E-state index in [-0.39, 0.29) is 28.3 Å². The number of hydrogen-bond acceptors (Lipinski definition) is 5.